The third kappa shape index (κ3) is 2.69. The highest BCUT2D eigenvalue weighted by molar-refractivity contribution is 7.12. The van der Waals surface area contributed by atoms with Crippen molar-refractivity contribution in [2.24, 2.45) is 0 Å². The van der Waals surface area contributed by atoms with Crippen molar-refractivity contribution in [2.45, 2.75) is 33.4 Å². The van der Waals surface area contributed by atoms with Crippen molar-refractivity contribution in [3.05, 3.63) is 33.9 Å². The molecule has 0 aliphatic heterocycles. The standard InChI is InChI=1S/C15H19N5OS/c1-9-6-12(11(3)22-9)10(2)19-14-13-7-18-20(4-5-21)15(13)17-8-16-14/h6-8,10,21H,4-5H2,1-3H3,(H,16,17,19)/t10-/m1/s1. The van der Waals surface area contributed by atoms with Gasteiger partial charge in [-0.25, -0.2) is 14.6 Å². The van der Waals surface area contributed by atoms with Crippen LogP contribution in [0, 0.1) is 13.8 Å². The van der Waals surface area contributed by atoms with Crippen LogP contribution in [0.1, 0.15) is 28.3 Å². The summed E-state index contributed by atoms with van der Waals surface area (Å²) in [6.45, 7) is 6.85. The second kappa shape index (κ2) is 6.02. The Bertz CT molecular complexity index is 794. The lowest BCUT2D eigenvalue weighted by molar-refractivity contribution is 0.271. The van der Waals surface area contributed by atoms with E-state index in [1.165, 1.54) is 21.6 Å². The van der Waals surface area contributed by atoms with Gasteiger partial charge in [-0.15, -0.1) is 11.3 Å². The maximum Gasteiger partial charge on any atom is 0.163 e. The normalized spacial score (nSPS) is 12.7. The molecule has 116 valence electrons. The van der Waals surface area contributed by atoms with Crippen molar-refractivity contribution < 1.29 is 5.11 Å². The first kappa shape index (κ1) is 14.9. The van der Waals surface area contributed by atoms with Gasteiger partial charge in [-0.2, -0.15) is 5.10 Å². The summed E-state index contributed by atoms with van der Waals surface area (Å²) in [6.07, 6.45) is 3.27. The van der Waals surface area contributed by atoms with Crippen LogP contribution in [-0.2, 0) is 6.54 Å². The van der Waals surface area contributed by atoms with Crippen LogP contribution in [-0.4, -0.2) is 31.5 Å². The third-order valence-electron chi connectivity index (χ3n) is 3.64. The molecule has 2 N–H and O–H groups in total. The first-order valence-electron chi connectivity index (χ1n) is 7.21. The van der Waals surface area contributed by atoms with E-state index in [4.69, 9.17) is 5.11 Å². The molecule has 0 bridgehead atoms. The van der Waals surface area contributed by atoms with Crippen molar-refractivity contribution in [3.63, 3.8) is 0 Å². The number of thiophene rings is 1. The maximum absolute atomic E-state index is 9.08. The number of nitrogens with zero attached hydrogens (tertiary/aromatic N) is 4. The van der Waals surface area contributed by atoms with Gasteiger partial charge in [0.1, 0.15) is 12.1 Å². The van der Waals surface area contributed by atoms with Crippen LogP contribution in [0.4, 0.5) is 5.82 Å². The van der Waals surface area contributed by atoms with Gasteiger partial charge < -0.3 is 10.4 Å². The molecule has 7 heteroatoms. The van der Waals surface area contributed by atoms with Crippen LogP contribution in [0.15, 0.2) is 18.6 Å². The molecular weight excluding hydrogens is 298 g/mol. The molecule has 3 aromatic heterocycles. The van der Waals surface area contributed by atoms with Crippen molar-refractivity contribution in [3.8, 4) is 0 Å². The molecule has 6 nitrogen and oxygen atoms in total. The molecule has 0 aliphatic carbocycles. The second-order valence-electron chi connectivity index (χ2n) is 5.29. The van der Waals surface area contributed by atoms with E-state index in [1.807, 2.05) is 0 Å². The molecule has 0 saturated carbocycles. The summed E-state index contributed by atoms with van der Waals surface area (Å²) in [6, 6.07) is 2.37. The Kier molecular flexibility index (Phi) is 4.08. The summed E-state index contributed by atoms with van der Waals surface area (Å²) in [5.74, 6) is 0.768. The summed E-state index contributed by atoms with van der Waals surface area (Å²) in [5.41, 5.74) is 2.02. The van der Waals surface area contributed by atoms with Crippen molar-refractivity contribution in [1.82, 2.24) is 19.7 Å². The van der Waals surface area contributed by atoms with Crippen LogP contribution in [0.3, 0.4) is 0 Å². The predicted octanol–water partition coefficient (Wildman–Crippen LogP) is 2.67. The lowest BCUT2D eigenvalue weighted by Crippen LogP contribution is -2.09. The number of hydrogen-bond acceptors (Lipinski definition) is 6. The summed E-state index contributed by atoms with van der Waals surface area (Å²) in [7, 11) is 0. The van der Waals surface area contributed by atoms with E-state index in [9.17, 15) is 0 Å². The molecule has 3 rings (SSSR count). The molecule has 0 saturated heterocycles. The molecule has 0 spiro atoms. The fraction of sp³-hybridized carbons (Fsp3) is 0.400. The summed E-state index contributed by atoms with van der Waals surface area (Å²) in [4.78, 5) is 11.2. The number of hydrogen-bond donors (Lipinski definition) is 2. The number of nitrogens with one attached hydrogen (secondary N) is 1. The van der Waals surface area contributed by atoms with Crippen molar-refractivity contribution in [2.75, 3.05) is 11.9 Å². The molecule has 0 aliphatic rings. The minimum Gasteiger partial charge on any atom is -0.394 e. The Hall–Kier alpha value is -1.99. The molecule has 1 atom stereocenters. The highest BCUT2D eigenvalue weighted by atomic mass is 32.1. The molecule has 0 radical (unpaired) electrons. The SMILES string of the molecule is Cc1cc([C@@H](C)Nc2ncnc3c2cnn3CCO)c(C)s1. The van der Waals surface area contributed by atoms with Gasteiger partial charge in [-0.3, -0.25) is 0 Å². The number of rotatable bonds is 5. The van der Waals surface area contributed by atoms with Crippen LogP contribution < -0.4 is 5.32 Å². The molecule has 0 unspecified atom stereocenters. The van der Waals surface area contributed by atoms with E-state index in [1.54, 1.807) is 22.2 Å². The highest BCUT2D eigenvalue weighted by Crippen LogP contribution is 2.29. The molecule has 0 amide bonds. The number of anilines is 1. The summed E-state index contributed by atoms with van der Waals surface area (Å²) in [5, 5.41) is 17.7. The van der Waals surface area contributed by atoms with E-state index in [2.05, 4.69) is 47.2 Å². The van der Waals surface area contributed by atoms with E-state index in [0.29, 0.717) is 6.54 Å². The van der Waals surface area contributed by atoms with Gasteiger partial charge in [-0.1, -0.05) is 0 Å². The zero-order chi connectivity index (χ0) is 15.7. The third-order valence-corrected chi connectivity index (χ3v) is 4.63. The van der Waals surface area contributed by atoms with Gasteiger partial charge in [0, 0.05) is 9.75 Å². The Morgan fingerprint density at radius 3 is 2.86 bits per heavy atom. The highest BCUT2D eigenvalue weighted by Gasteiger charge is 2.15. The Labute approximate surface area is 132 Å². The summed E-state index contributed by atoms with van der Waals surface area (Å²) < 4.78 is 1.69. The average molecular weight is 317 g/mol. The zero-order valence-electron chi connectivity index (χ0n) is 12.9. The monoisotopic (exact) mass is 317 g/mol. The average Bonchev–Trinajstić information content (AvgIpc) is 3.04. The van der Waals surface area contributed by atoms with Gasteiger partial charge >= 0.3 is 0 Å². The zero-order valence-corrected chi connectivity index (χ0v) is 13.7. The van der Waals surface area contributed by atoms with Crippen LogP contribution >= 0.6 is 11.3 Å². The van der Waals surface area contributed by atoms with Crippen LogP contribution in [0.5, 0.6) is 0 Å². The molecule has 3 heterocycles. The van der Waals surface area contributed by atoms with Crippen LogP contribution in [0.25, 0.3) is 11.0 Å². The van der Waals surface area contributed by atoms with E-state index in [-0.39, 0.29) is 12.6 Å². The van der Waals surface area contributed by atoms with Gasteiger partial charge in [-0.05, 0) is 32.4 Å². The Morgan fingerprint density at radius 1 is 1.36 bits per heavy atom. The molecule has 22 heavy (non-hydrogen) atoms. The minimum atomic E-state index is 0.0350. The fourth-order valence-corrected chi connectivity index (χ4v) is 3.65. The van der Waals surface area contributed by atoms with E-state index >= 15 is 0 Å². The number of fused-ring (bicyclic) bond motifs is 1. The first-order valence-corrected chi connectivity index (χ1v) is 8.02. The molecule has 0 aromatic carbocycles. The van der Waals surface area contributed by atoms with Gasteiger partial charge in [0.15, 0.2) is 5.65 Å². The number of aliphatic hydroxyl groups is 1. The largest absolute Gasteiger partial charge is 0.394 e. The maximum atomic E-state index is 9.08. The molecule has 0 fully saturated rings. The lowest BCUT2D eigenvalue weighted by Gasteiger charge is -2.15. The van der Waals surface area contributed by atoms with Gasteiger partial charge in [0.05, 0.1) is 30.8 Å². The predicted molar refractivity (Wildman–Crippen MR) is 88.2 cm³/mol. The van der Waals surface area contributed by atoms with E-state index < -0.39 is 0 Å². The summed E-state index contributed by atoms with van der Waals surface area (Å²) >= 11 is 1.81. The van der Waals surface area contributed by atoms with Gasteiger partial charge in [0.25, 0.3) is 0 Å². The second-order valence-corrected chi connectivity index (χ2v) is 6.75. The number of aliphatic hydroxyl groups excluding tert-OH is 1. The Morgan fingerprint density at radius 2 is 2.18 bits per heavy atom. The van der Waals surface area contributed by atoms with E-state index in [0.717, 1.165) is 16.9 Å². The minimum absolute atomic E-state index is 0.0350. The number of aromatic nitrogens is 4. The molecular formula is C15H19N5OS. The smallest absolute Gasteiger partial charge is 0.163 e. The van der Waals surface area contributed by atoms with Crippen molar-refractivity contribution in [1.29, 1.82) is 0 Å². The Balaban J connectivity index is 1.92. The fourth-order valence-electron chi connectivity index (χ4n) is 2.63. The quantitative estimate of drug-likeness (QED) is 0.756. The van der Waals surface area contributed by atoms with Crippen molar-refractivity contribution >= 4 is 28.2 Å². The first-order chi connectivity index (χ1) is 10.6. The molecule has 3 aromatic rings. The number of aryl methyl sites for hydroxylation is 2. The topological polar surface area (TPSA) is 75.9 Å². The van der Waals surface area contributed by atoms with Crippen LogP contribution in [0.2, 0.25) is 0 Å². The van der Waals surface area contributed by atoms with Gasteiger partial charge in [0.2, 0.25) is 0 Å². The lowest BCUT2D eigenvalue weighted by atomic mass is 10.1.